The molecule has 226 valence electrons. The monoisotopic (exact) mass is 592 g/mol. The summed E-state index contributed by atoms with van der Waals surface area (Å²) in [6.45, 7) is 3.80. The predicted molar refractivity (Wildman–Crippen MR) is 169 cm³/mol. The summed E-state index contributed by atoms with van der Waals surface area (Å²) >= 11 is 0. The van der Waals surface area contributed by atoms with E-state index in [-0.39, 0.29) is 31.1 Å². The molecule has 44 heavy (non-hydrogen) atoms. The molecule has 0 saturated heterocycles. The average Bonchev–Trinajstić information content (AvgIpc) is 2.99. The lowest BCUT2D eigenvalue weighted by Gasteiger charge is -2.39. The first kappa shape index (κ1) is 32.1. The van der Waals surface area contributed by atoms with Gasteiger partial charge in [-0.15, -0.1) is 0 Å². The zero-order valence-electron chi connectivity index (χ0n) is 25.8. The highest BCUT2D eigenvalue weighted by Gasteiger charge is 2.41. The summed E-state index contributed by atoms with van der Waals surface area (Å²) in [4.78, 5) is 39.6. The molecule has 0 saturated carbocycles. The molecule has 2 N–H and O–H groups in total. The van der Waals surface area contributed by atoms with Crippen molar-refractivity contribution in [2.24, 2.45) is 0 Å². The van der Waals surface area contributed by atoms with Gasteiger partial charge in [0.25, 0.3) is 5.91 Å². The van der Waals surface area contributed by atoms with Gasteiger partial charge >= 0.3 is 5.97 Å². The largest absolute Gasteiger partial charge is 0.508 e. The first-order valence-electron chi connectivity index (χ1n) is 14.3. The lowest BCUT2D eigenvalue weighted by Crippen LogP contribution is -2.40. The number of amides is 1. The number of aromatic hydroxyl groups is 1. The molecule has 5 rings (SSSR count). The quantitative estimate of drug-likeness (QED) is 0.304. The van der Waals surface area contributed by atoms with Crippen molar-refractivity contribution in [3.8, 4) is 11.5 Å². The van der Waals surface area contributed by atoms with E-state index in [1.54, 1.807) is 64.5 Å². The molecule has 1 aliphatic carbocycles. The molecule has 1 aliphatic heterocycles. The van der Waals surface area contributed by atoms with E-state index >= 15 is 0 Å². The SMILES string of the molecule is Cc1cccc(O)c1.[B][C@@]1(c2ccccc2OC)CC(=O)C2=C(C1)NC(C)=C(C(=O)OCc1ccc(C(=O)N(C)C)cc1)C2. The second-order valence-electron chi connectivity index (χ2n) is 11.3. The summed E-state index contributed by atoms with van der Waals surface area (Å²) < 4.78 is 11.0. The number of ether oxygens (including phenoxy) is 2. The van der Waals surface area contributed by atoms with Gasteiger partial charge in [0.05, 0.1) is 20.5 Å². The van der Waals surface area contributed by atoms with Crippen LogP contribution in [0.25, 0.3) is 0 Å². The van der Waals surface area contributed by atoms with E-state index in [1.807, 2.05) is 43.3 Å². The van der Waals surface area contributed by atoms with Crippen molar-refractivity contribution in [2.45, 2.75) is 45.0 Å². The summed E-state index contributed by atoms with van der Waals surface area (Å²) in [6.07, 6.45) is 0.740. The second-order valence-corrected chi connectivity index (χ2v) is 11.3. The smallest absolute Gasteiger partial charge is 0.336 e. The molecule has 1 amide bonds. The number of phenols is 1. The number of phenolic OH excluding ortho intramolecular Hbond substituents is 1. The van der Waals surface area contributed by atoms with Gasteiger partial charge in [0.15, 0.2) is 5.78 Å². The molecule has 2 aliphatic rings. The number of carbonyl (C=O) groups excluding carboxylic acids is 3. The lowest BCUT2D eigenvalue weighted by atomic mass is 9.55. The molecule has 2 radical (unpaired) electrons. The summed E-state index contributed by atoms with van der Waals surface area (Å²) in [7, 11) is 11.7. The molecule has 1 atom stereocenters. The molecule has 0 spiro atoms. The van der Waals surface area contributed by atoms with Crippen molar-refractivity contribution in [1.29, 1.82) is 0 Å². The van der Waals surface area contributed by atoms with Gasteiger partial charge in [-0.2, -0.15) is 0 Å². The van der Waals surface area contributed by atoms with Crippen molar-refractivity contribution in [3.05, 3.63) is 118 Å². The minimum atomic E-state index is -0.909. The van der Waals surface area contributed by atoms with Crippen LogP contribution in [0.15, 0.2) is 95.3 Å². The van der Waals surface area contributed by atoms with Gasteiger partial charge < -0.3 is 24.8 Å². The fraction of sp³-hybridized carbons (Fsp3) is 0.286. The highest BCUT2D eigenvalue weighted by atomic mass is 16.5. The van der Waals surface area contributed by atoms with Crippen LogP contribution in [0.5, 0.6) is 11.5 Å². The Hall–Kier alpha value is -4.79. The Bertz CT molecular complexity index is 1610. The van der Waals surface area contributed by atoms with E-state index in [0.717, 1.165) is 22.4 Å². The van der Waals surface area contributed by atoms with Crippen LogP contribution in [-0.4, -0.2) is 56.7 Å². The molecule has 9 heteroatoms. The summed E-state index contributed by atoms with van der Waals surface area (Å²) in [6, 6.07) is 21.5. The number of hydrogen-bond acceptors (Lipinski definition) is 7. The predicted octanol–water partition coefficient (Wildman–Crippen LogP) is 5.09. The van der Waals surface area contributed by atoms with Crippen LogP contribution < -0.4 is 10.1 Å². The van der Waals surface area contributed by atoms with Gasteiger partial charge in [-0.1, -0.05) is 42.5 Å². The molecular formula is C35H37BN2O6. The molecular weight excluding hydrogens is 555 g/mol. The fourth-order valence-corrected chi connectivity index (χ4v) is 5.32. The van der Waals surface area contributed by atoms with E-state index in [0.29, 0.717) is 40.3 Å². The zero-order chi connectivity index (χ0) is 32.0. The molecule has 3 aromatic rings. The number of aryl methyl sites for hydroxylation is 1. The van der Waals surface area contributed by atoms with Gasteiger partial charge in [-0.25, -0.2) is 4.79 Å². The topological polar surface area (TPSA) is 105 Å². The third-order valence-electron chi connectivity index (χ3n) is 7.68. The molecule has 3 aromatic carbocycles. The number of methoxy groups -OCH3 is 1. The third-order valence-corrected chi connectivity index (χ3v) is 7.68. The number of nitrogens with one attached hydrogen (secondary N) is 1. The first-order valence-corrected chi connectivity index (χ1v) is 14.3. The van der Waals surface area contributed by atoms with Crippen LogP contribution in [0.4, 0.5) is 0 Å². The molecule has 1 heterocycles. The molecule has 0 unspecified atom stereocenters. The van der Waals surface area contributed by atoms with Gasteiger partial charge in [-0.05, 0) is 72.6 Å². The highest BCUT2D eigenvalue weighted by molar-refractivity contribution is 6.20. The van der Waals surface area contributed by atoms with Crippen molar-refractivity contribution >= 4 is 25.5 Å². The number of carbonyl (C=O) groups is 3. The van der Waals surface area contributed by atoms with Crippen molar-refractivity contribution in [1.82, 2.24) is 10.2 Å². The number of Topliss-reactive ketones (excluding diaryl/α,β-unsaturated/α-hetero) is 1. The van der Waals surface area contributed by atoms with E-state index in [2.05, 4.69) is 5.32 Å². The Morgan fingerprint density at radius 3 is 2.32 bits per heavy atom. The van der Waals surface area contributed by atoms with E-state index in [4.69, 9.17) is 22.4 Å². The number of nitrogens with zero attached hydrogens (tertiary/aromatic N) is 1. The fourth-order valence-electron chi connectivity index (χ4n) is 5.32. The van der Waals surface area contributed by atoms with Crippen LogP contribution in [-0.2, 0) is 26.2 Å². The minimum absolute atomic E-state index is 0.0611. The van der Waals surface area contributed by atoms with Crippen molar-refractivity contribution in [2.75, 3.05) is 21.2 Å². The number of dihydropyridines is 1. The maximum absolute atomic E-state index is 13.2. The van der Waals surface area contributed by atoms with Crippen molar-refractivity contribution in [3.63, 3.8) is 0 Å². The van der Waals surface area contributed by atoms with Gasteiger partial charge in [0.2, 0.25) is 0 Å². The minimum Gasteiger partial charge on any atom is -0.508 e. The van der Waals surface area contributed by atoms with E-state index < -0.39 is 11.3 Å². The third kappa shape index (κ3) is 7.40. The number of ketones is 1. The average molecular weight is 593 g/mol. The first-order chi connectivity index (χ1) is 20.9. The molecule has 8 nitrogen and oxygen atoms in total. The van der Waals surface area contributed by atoms with Crippen LogP contribution in [0.3, 0.4) is 0 Å². The number of allylic oxidation sites excluding steroid dienone is 3. The second kappa shape index (κ2) is 13.7. The Kier molecular flexibility index (Phi) is 9.99. The molecule has 0 fully saturated rings. The zero-order valence-corrected chi connectivity index (χ0v) is 25.8. The Balaban J connectivity index is 0.000000479. The van der Waals surface area contributed by atoms with Crippen molar-refractivity contribution < 1.29 is 29.0 Å². The van der Waals surface area contributed by atoms with Gasteiger partial charge in [0, 0.05) is 49.5 Å². The van der Waals surface area contributed by atoms with Crippen LogP contribution >= 0.6 is 0 Å². The van der Waals surface area contributed by atoms with E-state index in [1.165, 1.54) is 4.90 Å². The molecule has 0 bridgehead atoms. The maximum atomic E-state index is 13.2. The van der Waals surface area contributed by atoms with Crippen LogP contribution in [0, 0.1) is 6.92 Å². The summed E-state index contributed by atoms with van der Waals surface area (Å²) in [5.74, 6) is 0.299. The Morgan fingerprint density at radius 1 is 1.00 bits per heavy atom. The van der Waals surface area contributed by atoms with Crippen LogP contribution in [0.1, 0.15) is 53.2 Å². The lowest BCUT2D eigenvalue weighted by molar-refractivity contribution is -0.140. The Labute approximate surface area is 259 Å². The maximum Gasteiger partial charge on any atom is 0.336 e. The van der Waals surface area contributed by atoms with E-state index in [9.17, 15) is 14.4 Å². The highest BCUT2D eigenvalue weighted by Crippen LogP contribution is 2.43. The number of benzene rings is 3. The number of rotatable bonds is 6. The molecule has 0 aromatic heterocycles. The van der Waals surface area contributed by atoms with Crippen LogP contribution in [0.2, 0.25) is 0 Å². The standard InChI is InChI=1S/C28H29BN2O5.C7H8O/c1-17-20(27(34)36-16-18-9-11-19(12-10-18)26(33)31(2)3)13-21-23(30-17)14-28(29,15-24(21)32)22-7-5-6-8-25(22)35-4;1-6-3-2-4-7(8)5-6/h5-12,30H,13-16H2,1-4H3;2-5,8H,1H3/t28-;/m1./s1. The Morgan fingerprint density at radius 2 is 1.70 bits per heavy atom. The van der Waals surface area contributed by atoms with Gasteiger partial charge in [-0.3, -0.25) is 9.59 Å². The summed E-state index contributed by atoms with van der Waals surface area (Å²) in [5.41, 5.74) is 5.55. The van der Waals surface area contributed by atoms with Gasteiger partial charge in [0.1, 0.15) is 18.1 Å². The number of hydrogen-bond donors (Lipinski definition) is 2. The number of para-hydroxylation sites is 1. The number of esters is 1. The normalized spacial score (nSPS) is 17.5. The summed E-state index contributed by atoms with van der Waals surface area (Å²) in [5, 5.41) is 11.1.